The number of amides is 1. The Morgan fingerprint density at radius 3 is 2.68 bits per heavy atom. The minimum atomic E-state index is 0.230. The van der Waals surface area contributed by atoms with Crippen LogP contribution in [-0.2, 0) is 11.3 Å². The van der Waals surface area contributed by atoms with E-state index < -0.39 is 0 Å². The molecule has 1 atom stereocenters. The number of nitrogens with zero attached hydrogens (tertiary/aromatic N) is 3. The fraction of sp³-hybridized carbons (Fsp3) is 0.636. The van der Waals surface area contributed by atoms with E-state index in [4.69, 9.17) is 4.99 Å². The molecule has 6 heteroatoms. The zero-order valence-electron chi connectivity index (χ0n) is 17.4. The number of benzene rings is 1. The van der Waals surface area contributed by atoms with Gasteiger partial charge in [0.15, 0.2) is 5.96 Å². The van der Waals surface area contributed by atoms with Gasteiger partial charge >= 0.3 is 0 Å². The van der Waals surface area contributed by atoms with Crippen molar-refractivity contribution < 1.29 is 4.79 Å². The van der Waals surface area contributed by atoms with Crippen LogP contribution in [0.15, 0.2) is 29.3 Å². The van der Waals surface area contributed by atoms with Gasteiger partial charge in [-0.2, -0.15) is 0 Å². The topological polar surface area (TPSA) is 60.0 Å². The molecule has 1 unspecified atom stereocenters. The van der Waals surface area contributed by atoms with E-state index in [0.29, 0.717) is 18.9 Å². The molecule has 2 aliphatic heterocycles. The second-order valence-corrected chi connectivity index (χ2v) is 7.85. The average Bonchev–Trinajstić information content (AvgIpc) is 3.33. The number of rotatable bonds is 8. The highest BCUT2D eigenvalue weighted by molar-refractivity contribution is 5.95. The summed E-state index contributed by atoms with van der Waals surface area (Å²) in [5.41, 5.74) is 2.15. The molecule has 3 rings (SSSR count). The third-order valence-corrected chi connectivity index (χ3v) is 5.55. The maximum atomic E-state index is 11.9. The summed E-state index contributed by atoms with van der Waals surface area (Å²) >= 11 is 0. The first kappa shape index (κ1) is 20.6. The minimum absolute atomic E-state index is 0.230. The van der Waals surface area contributed by atoms with Gasteiger partial charge in [-0.15, -0.1) is 0 Å². The van der Waals surface area contributed by atoms with E-state index >= 15 is 0 Å². The number of guanidine groups is 1. The first-order valence-corrected chi connectivity index (χ1v) is 10.8. The molecule has 6 nitrogen and oxygen atoms in total. The fourth-order valence-electron chi connectivity index (χ4n) is 4.05. The quantitative estimate of drug-likeness (QED) is 0.533. The lowest BCUT2D eigenvalue weighted by molar-refractivity contribution is -0.117. The Labute approximate surface area is 169 Å². The summed E-state index contributed by atoms with van der Waals surface area (Å²) in [7, 11) is 0. The second-order valence-electron chi connectivity index (χ2n) is 7.85. The number of hydrogen-bond acceptors (Lipinski definition) is 3. The summed E-state index contributed by atoms with van der Waals surface area (Å²) in [5, 5.41) is 6.86. The number of anilines is 1. The Morgan fingerprint density at radius 2 is 2.00 bits per heavy atom. The molecule has 1 aromatic rings. The van der Waals surface area contributed by atoms with Crippen LogP contribution < -0.4 is 15.5 Å². The molecule has 0 aromatic heterocycles. The molecule has 28 heavy (non-hydrogen) atoms. The van der Waals surface area contributed by atoms with Crippen LogP contribution in [0.4, 0.5) is 5.69 Å². The van der Waals surface area contributed by atoms with E-state index in [9.17, 15) is 4.79 Å². The summed E-state index contributed by atoms with van der Waals surface area (Å²) in [6.07, 6.45) is 4.12. The molecule has 0 bridgehead atoms. The van der Waals surface area contributed by atoms with Crippen LogP contribution in [0.25, 0.3) is 0 Å². The van der Waals surface area contributed by atoms with Crippen molar-refractivity contribution in [1.82, 2.24) is 15.5 Å². The Balaban J connectivity index is 1.50. The summed E-state index contributed by atoms with van der Waals surface area (Å²) < 4.78 is 0. The molecule has 0 spiro atoms. The van der Waals surface area contributed by atoms with E-state index in [-0.39, 0.29) is 5.91 Å². The number of nitrogens with one attached hydrogen (secondary N) is 2. The summed E-state index contributed by atoms with van der Waals surface area (Å²) in [6.45, 7) is 11.3. The zero-order chi connectivity index (χ0) is 19.8. The minimum Gasteiger partial charge on any atom is -0.357 e. The molecule has 1 aromatic carbocycles. The van der Waals surface area contributed by atoms with Crippen molar-refractivity contribution in [2.75, 3.05) is 44.2 Å². The maximum Gasteiger partial charge on any atom is 0.227 e. The third-order valence-electron chi connectivity index (χ3n) is 5.55. The number of aliphatic imine (C=N–C) groups is 1. The third kappa shape index (κ3) is 5.71. The second kappa shape index (κ2) is 10.5. The van der Waals surface area contributed by atoms with Gasteiger partial charge in [0, 0.05) is 38.3 Å². The van der Waals surface area contributed by atoms with Crippen LogP contribution >= 0.6 is 0 Å². The number of carbonyl (C=O) groups is 1. The predicted octanol–water partition coefficient (Wildman–Crippen LogP) is 2.60. The van der Waals surface area contributed by atoms with Crippen molar-refractivity contribution in [3.8, 4) is 0 Å². The van der Waals surface area contributed by atoms with Gasteiger partial charge in [0.2, 0.25) is 5.91 Å². The molecule has 0 radical (unpaired) electrons. The van der Waals surface area contributed by atoms with Gasteiger partial charge in [-0.1, -0.05) is 19.1 Å². The molecule has 2 heterocycles. The molecule has 1 amide bonds. The first-order valence-electron chi connectivity index (χ1n) is 10.8. The molecule has 2 N–H and O–H groups in total. The highest BCUT2D eigenvalue weighted by Gasteiger charge is 2.22. The van der Waals surface area contributed by atoms with Crippen molar-refractivity contribution in [2.45, 2.75) is 46.1 Å². The molecular formula is C22H35N5O. The van der Waals surface area contributed by atoms with Crippen LogP contribution in [0.2, 0.25) is 0 Å². The van der Waals surface area contributed by atoms with Gasteiger partial charge < -0.3 is 20.4 Å². The van der Waals surface area contributed by atoms with Crippen LogP contribution in [0, 0.1) is 5.92 Å². The number of carbonyl (C=O) groups excluding carboxylic acids is 1. The summed E-state index contributed by atoms with van der Waals surface area (Å²) in [5.74, 6) is 1.82. The normalized spacial score (nSPS) is 20.8. The van der Waals surface area contributed by atoms with E-state index in [1.807, 2.05) is 17.0 Å². The summed E-state index contributed by atoms with van der Waals surface area (Å²) in [4.78, 5) is 21.0. The van der Waals surface area contributed by atoms with Crippen molar-refractivity contribution in [1.29, 1.82) is 0 Å². The number of likely N-dealkylation sites (tertiary alicyclic amines) is 1. The lowest BCUT2D eigenvalue weighted by Crippen LogP contribution is -2.40. The predicted molar refractivity (Wildman–Crippen MR) is 116 cm³/mol. The fourth-order valence-corrected chi connectivity index (χ4v) is 4.05. The Hall–Kier alpha value is -2.08. The van der Waals surface area contributed by atoms with Crippen LogP contribution in [0.1, 0.15) is 45.1 Å². The van der Waals surface area contributed by atoms with Crippen LogP contribution in [0.5, 0.6) is 0 Å². The molecule has 2 aliphatic rings. The van der Waals surface area contributed by atoms with Gasteiger partial charge in [0.05, 0.1) is 6.54 Å². The highest BCUT2D eigenvalue weighted by atomic mass is 16.2. The maximum absolute atomic E-state index is 11.9. The first-order chi connectivity index (χ1) is 13.7. The molecule has 0 aliphatic carbocycles. The SMILES string of the molecule is CCCN1CCC(CNC(=NCc2ccc(N3CCCC3=O)cc2)NCC)C1. The lowest BCUT2D eigenvalue weighted by Gasteiger charge is -2.17. The van der Waals surface area contributed by atoms with Crippen molar-refractivity contribution >= 4 is 17.6 Å². The van der Waals surface area contributed by atoms with Gasteiger partial charge in [0.1, 0.15) is 0 Å². The smallest absolute Gasteiger partial charge is 0.227 e. The number of hydrogen-bond donors (Lipinski definition) is 2. The summed E-state index contributed by atoms with van der Waals surface area (Å²) in [6, 6.07) is 8.23. The van der Waals surface area contributed by atoms with E-state index in [1.54, 1.807) is 0 Å². The molecule has 2 fully saturated rings. The van der Waals surface area contributed by atoms with E-state index in [0.717, 1.165) is 43.3 Å². The zero-order valence-corrected chi connectivity index (χ0v) is 17.4. The van der Waals surface area contributed by atoms with E-state index in [1.165, 1.54) is 32.5 Å². The molecule has 2 saturated heterocycles. The van der Waals surface area contributed by atoms with Crippen LogP contribution in [-0.4, -0.2) is 56.0 Å². The average molecular weight is 386 g/mol. The lowest BCUT2D eigenvalue weighted by atomic mass is 10.1. The van der Waals surface area contributed by atoms with Crippen molar-refractivity contribution in [3.63, 3.8) is 0 Å². The van der Waals surface area contributed by atoms with Crippen LogP contribution in [0.3, 0.4) is 0 Å². The van der Waals surface area contributed by atoms with Crippen molar-refractivity contribution in [3.05, 3.63) is 29.8 Å². The van der Waals surface area contributed by atoms with E-state index in [2.05, 4.69) is 41.5 Å². The van der Waals surface area contributed by atoms with Gasteiger partial charge in [0.25, 0.3) is 0 Å². The Bertz CT molecular complexity index is 657. The van der Waals surface area contributed by atoms with Gasteiger partial charge in [-0.05, 0) is 62.9 Å². The molecule has 0 saturated carbocycles. The van der Waals surface area contributed by atoms with Gasteiger partial charge in [-0.25, -0.2) is 4.99 Å². The monoisotopic (exact) mass is 385 g/mol. The van der Waals surface area contributed by atoms with Crippen molar-refractivity contribution in [2.24, 2.45) is 10.9 Å². The Morgan fingerprint density at radius 1 is 1.18 bits per heavy atom. The highest BCUT2D eigenvalue weighted by Crippen LogP contribution is 2.21. The largest absolute Gasteiger partial charge is 0.357 e. The Kier molecular flexibility index (Phi) is 7.71. The molecule has 154 valence electrons. The molecular weight excluding hydrogens is 350 g/mol. The van der Waals surface area contributed by atoms with Gasteiger partial charge in [-0.3, -0.25) is 4.79 Å². The standard InChI is InChI=1S/C22H35N5O/c1-3-12-26-14-11-19(17-26)16-25-22(23-4-2)24-15-18-7-9-20(10-8-18)27-13-5-6-21(27)28/h7-10,19H,3-6,11-17H2,1-2H3,(H2,23,24,25).